The molecule has 1 aromatic heterocycles. The zero-order valence-corrected chi connectivity index (χ0v) is 13.3. The van der Waals surface area contributed by atoms with Crippen LogP contribution in [0.3, 0.4) is 0 Å². The fourth-order valence-corrected chi connectivity index (χ4v) is 2.68. The smallest absolute Gasteiger partial charge is 0.315 e. The molecule has 1 saturated heterocycles. The van der Waals surface area contributed by atoms with Gasteiger partial charge in [0.2, 0.25) is 5.91 Å². The summed E-state index contributed by atoms with van der Waals surface area (Å²) >= 11 is 0. The second kappa shape index (κ2) is 7.07. The molecular weight excluding hydrogens is 312 g/mol. The molecule has 0 spiro atoms. The van der Waals surface area contributed by atoms with E-state index in [4.69, 9.17) is 0 Å². The normalized spacial score (nSPS) is 13.8. The topological polar surface area (TPSA) is 102 Å². The first-order chi connectivity index (χ1) is 11.7. The highest BCUT2D eigenvalue weighted by Gasteiger charge is 2.19. The van der Waals surface area contributed by atoms with E-state index in [-0.39, 0.29) is 6.42 Å². The molecule has 126 valence electrons. The van der Waals surface area contributed by atoms with E-state index in [0.29, 0.717) is 5.69 Å². The van der Waals surface area contributed by atoms with E-state index in [0.717, 1.165) is 37.3 Å². The van der Waals surface area contributed by atoms with Gasteiger partial charge in [0, 0.05) is 13.1 Å². The number of methoxy groups -OCH3 is 1. The SMILES string of the molecule is COC(=O)CC(=O)Nc1cc(-n2cnnn2)ccc1N1CCCC1. The quantitative estimate of drug-likeness (QED) is 0.638. The monoisotopic (exact) mass is 330 g/mol. The Bertz CT molecular complexity index is 725. The van der Waals surface area contributed by atoms with Crippen molar-refractivity contribution in [3.8, 4) is 5.69 Å². The van der Waals surface area contributed by atoms with Crippen LogP contribution in [0.25, 0.3) is 5.69 Å². The molecule has 2 heterocycles. The minimum atomic E-state index is -0.577. The van der Waals surface area contributed by atoms with E-state index in [9.17, 15) is 9.59 Å². The van der Waals surface area contributed by atoms with Crippen molar-refractivity contribution >= 4 is 23.3 Å². The molecule has 9 nitrogen and oxygen atoms in total. The fraction of sp³-hybridized carbons (Fsp3) is 0.400. The van der Waals surface area contributed by atoms with Crippen molar-refractivity contribution in [1.29, 1.82) is 0 Å². The summed E-state index contributed by atoms with van der Waals surface area (Å²) in [6.07, 6.45) is 3.38. The van der Waals surface area contributed by atoms with Gasteiger partial charge in [0.15, 0.2) is 0 Å². The van der Waals surface area contributed by atoms with Gasteiger partial charge in [-0.1, -0.05) is 0 Å². The molecule has 1 N–H and O–H groups in total. The first-order valence-electron chi connectivity index (χ1n) is 7.66. The molecule has 0 bridgehead atoms. The number of ether oxygens (including phenoxy) is 1. The van der Waals surface area contributed by atoms with Crippen LogP contribution >= 0.6 is 0 Å². The summed E-state index contributed by atoms with van der Waals surface area (Å²) in [6.45, 7) is 1.87. The van der Waals surface area contributed by atoms with Gasteiger partial charge in [-0.2, -0.15) is 0 Å². The Morgan fingerprint density at radius 2 is 2.08 bits per heavy atom. The highest BCUT2D eigenvalue weighted by molar-refractivity contribution is 6.03. The number of esters is 1. The van der Waals surface area contributed by atoms with Crippen molar-refractivity contribution in [1.82, 2.24) is 20.2 Å². The molecule has 2 aromatic rings. The number of nitrogens with one attached hydrogen (secondary N) is 1. The molecule has 0 unspecified atom stereocenters. The molecule has 1 fully saturated rings. The molecule has 0 atom stereocenters. The number of benzene rings is 1. The third-order valence-electron chi connectivity index (χ3n) is 3.85. The molecule has 3 rings (SSSR count). The van der Waals surface area contributed by atoms with Crippen molar-refractivity contribution in [2.45, 2.75) is 19.3 Å². The number of amides is 1. The van der Waals surface area contributed by atoms with Crippen LogP contribution in [-0.2, 0) is 14.3 Å². The van der Waals surface area contributed by atoms with Crippen molar-refractivity contribution in [2.75, 3.05) is 30.4 Å². The van der Waals surface area contributed by atoms with E-state index in [1.54, 1.807) is 6.07 Å². The third kappa shape index (κ3) is 3.50. The first kappa shape index (κ1) is 15.9. The highest BCUT2D eigenvalue weighted by Crippen LogP contribution is 2.31. The van der Waals surface area contributed by atoms with Crippen LogP contribution in [-0.4, -0.2) is 52.3 Å². The predicted octanol–water partition coefficient (Wildman–Crippen LogP) is 0.764. The number of carbonyl (C=O) groups excluding carboxylic acids is 2. The highest BCUT2D eigenvalue weighted by atomic mass is 16.5. The average Bonchev–Trinajstić information content (AvgIpc) is 3.28. The lowest BCUT2D eigenvalue weighted by Gasteiger charge is -2.22. The number of hydrogen-bond acceptors (Lipinski definition) is 7. The van der Waals surface area contributed by atoms with E-state index in [1.807, 2.05) is 12.1 Å². The molecule has 0 radical (unpaired) electrons. The van der Waals surface area contributed by atoms with Gasteiger partial charge >= 0.3 is 5.97 Å². The second-order valence-corrected chi connectivity index (χ2v) is 5.45. The van der Waals surface area contributed by atoms with Crippen LogP contribution in [0, 0.1) is 0 Å². The number of rotatable bonds is 5. The summed E-state index contributed by atoms with van der Waals surface area (Å²) < 4.78 is 6.03. The summed E-state index contributed by atoms with van der Waals surface area (Å²) in [6, 6.07) is 5.61. The lowest BCUT2D eigenvalue weighted by atomic mass is 10.2. The van der Waals surface area contributed by atoms with Gasteiger partial charge < -0.3 is 15.0 Å². The maximum Gasteiger partial charge on any atom is 0.315 e. The maximum atomic E-state index is 12.1. The van der Waals surface area contributed by atoms with Gasteiger partial charge in [0.25, 0.3) is 0 Å². The standard InChI is InChI=1S/C15H18N6O3/c1-24-15(23)9-14(22)17-12-8-11(21-10-16-18-19-21)4-5-13(12)20-6-2-3-7-20/h4-5,8,10H,2-3,6-7,9H2,1H3,(H,17,22). The van der Waals surface area contributed by atoms with E-state index in [2.05, 4.69) is 30.5 Å². The van der Waals surface area contributed by atoms with Crippen LogP contribution in [0.4, 0.5) is 11.4 Å². The summed E-state index contributed by atoms with van der Waals surface area (Å²) in [4.78, 5) is 25.6. The van der Waals surface area contributed by atoms with Crippen LogP contribution in [0.5, 0.6) is 0 Å². The predicted molar refractivity (Wildman–Crippen MR) is 85.9 cm³/mol. The Morgan fingerprint density at radius 3 is 2.75 bits per heavy atom. The number of hydrogen-bond donors (Lipinski definition) is 1. The van der Waals surface area contributed by atoms with E-state index < -0.39 is 11.9 Å². The Morgan fingerprint density at radius 1 is 1.29 bits per heavy atom. The summed E-state index contributed by atoms with van der Waals surface area (Å²) in [5.41, 5.74) is 2.26. The lowest BCUT2D eigenvalue weighted by molar-refractivity contribution is -0.142. The average molecular weight is 330 g/mol. The number of nitrogens with zero attached hydrogens (tertiary/aromatic N) is 5. The summed E-state index contributed by atoms with van der Waals surface area (Å²) in [7, 11) is 1.25. The second-order valence-electron chi connectivity index (χ2n) is 5.45. The van der Waals surface area contributed by atoms with Crippen LogP contribution in [0.15, 0.2) is 24.5 Å². The van der Waals surface area contributed by atoms with Crippen molar-refractivity contribution in [3.63, 3.8) is 0 Å². The summed E-state index contributed by atoms with van der Waals surface area (Å²) in [5.74, 6) is -0.997. The number of anilines is 2. The Balaban J connectivity index is 1.88. The first-order valence-corrected chi connectivity index (χ1v) is 7.66. The van der Waals surface area contributed by atoms with Crippen LogP contribution in [0.2, 0.25) is 0 Å². The van der Waals surface area contributed by atoms with Gasteiger partial charge in [-0.15, -0.1) is 5.10 Å². The van der Waals surface area contributed by atoms with Crippen molar-refractivity contribution in [2.24, 2.45) is 0 Å². The Hall–Kier alpha value is -2.97. The van der Waals surface area contributed by atoms with Crippen LogP contribution < -0.4 is 10.2 Å². The molecule has 1 aliphatic heterocycles. The minimum absolute atomic E-state index is 0.328. The zero-order valence-electron chi connectivity index (χ0n) is 13.3. The fourth-order valence-electron chi connectivity index (χ4n) is 2.68. The third-order valence-corrected chi connectivity index (χ3v) is 3.85. The Labute approximate surface area is 138 Å². The van der Waals surface area contributed by atoms with Crippen molar-refractivity contribution in [3.05, 3.63) is 24.5 Å². The van der Waals surface area contributed by atoms with Gasteiger partial charge in [-0.3, -0.25) is 9.59 Å². The molecule has 9 heteroatoms. The van der Waals surface area contributed by atoms with Gasteiger partial charge in [0.1, 0.15) is 12.7 Å². The minimum Gasteiger partial charge on any atom is -0.469 e. The molecular formula is C15H18N6O3. The van der Waals surface area contributed by atoms with Crippen molar-refractivity contribution < 1.29 is 14.3 Å². The molecule has 0 saturated carbocycles. The maximum absolute atomic E-state index is 12.1. The van der Waals surface area contributed by atoms with Crippen LogP contribution in [0.1, 0.15) is 19.3 Å². The molecule has 1 amide bonds. The van der Waals surface area contributed by atoms with E-state index >= 15 is 0 Å². The molecule has 1 aromatic carbocycles. The number of tetrazole rings is 1. The van der Waals surface area contributed by atoms with Gasteiger partial charge in [0.05, 0.1) is 24.2 Å². The van der Waals surface area contributed by atoms with E-state index in [1.165, 1.54) is 18.1 Å². The number of aromatic nitrogens is 4. The lowest BCUT2D eigenvalue weighted by Crippen LogP contribution is -2.22. The van der Waals surface area contributed by atoms with Gasteiger partial charge in [-0.25, -0.2) is 4.68 Å². The largest absolute Gasteiger partial charge is 0.469 e. The molecule has 24 heavy (non-hydrogen) atoms. The molecule has 1 aliphatic rings. The zero-order chi connectivity index (χ0) is 16.9. The number of carbonyl (C=O) groups is 2. The van der Waals surface area contributed by atoms with Gasteiger partial charge in [-0.05, 0) is 41.5 Å². The molecule has 0 aliphatic carbocycles. The Kier molecular flexibility index (Phi) is 4.69. The summed E-state index contributed by atoms with van der Waals surface area (Å²) in [5, 5.41) is 13.9.